The predicted octanol–water partition coefficient (Wildman–Crippen LogP) is 3.03. The highest BCUT2D eigenvalue weighted by Crippen LogP contribution is 2.21. The molecule has 1 fully saturated rings. The minimum atomic E-state index is -0.0371. The SMILES string of the molecule is CCOc1nn(Cc2ccccc2)cc1CCCC1OCCO1. The number of ether oxygens (including phenoxy) is 3. The summed E-state index contributed by atoms with van der Waals surface area (Å²) in [5.74, 6) is 0.747. The van der Waals surface area contributed by atoms with Crippen LogP contribution < -0.4 is 4.74 Å². The topological polar surface area (TPSA) is 45.5 Å². The van der Waals surface area contributed by atoms with Crippen LogP contribution in [0.3, 0.4) is 0 Å². The summed E-state index contributed by atoms with van der Waals surface area (Å²) >= 11 is 0. The lowest BCUT2D eigenvalue weighted by Gasteiger charge is -2.08. The van der Waals surface area contributed by atoms with E-state index in [2.05, 4.69) is 23.4 Å². The van der Waals surface area contributed by atoms with Crippen LogP contribution in [-0.4, -0.2) is 35.9 Å². The van der Waals surface area contributed by atoms with E-state index in [4.69, 9.17) is 14.2 Å². The Kier molecular flexibility index (Phi) is 5.66. The molecule has 5 nitrogen and oxygen atoms in total. The zero-order chi connectivity index (χ0) is 15.9. The van der Waals surface area contributed by atoms with E-state index in [0.717, 1.165) is 37.3 Å². The van der Waals surface area contributed by atoms with Crippen LogP contribution in [0.5, 0.6) is 5.88 Å². The number of hydrogen-bond acceptors (Lipinski definition) is 4. The molecule has 124 valence electrons. The summed E-state index contributed by atoms with van der Waals surface area (Å²) in [7, 11) is 0. The van der Waals surface area contributed by atoms with Gasteiger partial charge in [0, 0.05) is 11.8 Å². The minimum absolute atomic E-state index is 0.0371. The van der Waals surface area contributed by atoms with Crippen molar-refractivity contribution in [2.45, 2.75) is 39.0 Å². The largest absolute Gasteiger partial charge is 0.477 e. The molecule has 1 aliphatic heterocycles. The highest BCUT2D eigenvalue weighted by atomic mass is 16.7. The molecule has 1 aromatic heterocycles. The van der Waals surface area contributed by atoms with E-state index in [-0.39, 0.29) is 6.29 Å². The summed E-state index contributed by atoms with van der Waals surface area (Å²) < 4.78 is 18.6. The molecular formula is C18H24N2O3. The second kappa shape index (κ2) is 8.13. The number of rotatable bonds is 8. The van der Waals surface area contributed by atoms with Crippen LogP contribution in [0.2, 0.25) is 0 Å². The Hall–Kier alpha value is -1.85. The molecule has 23 heavy (non-hydrogen) atoms. The summed E-state index contributed by atoms with van der Waals surface area (Å²) in [5, 5.41) is 4.58. The lowest BCUT2D eigenvalue weighted by molar-refractivity contribution is -0.0476. The van der Waals surface area contributed by atoms with Crippen LogP contribution in [0.15, 0.2) is 36.5 Å². The van der Waals surface area contributed by atoms with E-state index >= 15 is 0 Å². The molecule has 3 rings (SSSR count). The summed E-state index contributed by atoms with van der Waals surface area (Å²) in [6.07, 6.45) is 4.89. The van der Waals surface area contributed by atoms with Crippen molar-refractivity contribution in [2.75, 3.05) is 19.8 Å². The number of aromatic nitrogens is 2. The monoisotopic (exact) mass is 316 g/mol. The minimum Gasteiger partial charge on any atom is -0.477 e. The van der Waals surface area contributed by atoms with Crippen molar-refractivity contribution in [2.24, 2.45) is 0 Å². The zero-order valence-electron chi connectivity index (χ0n) is 13.6. The van der Waals surface area contributed by atoms with Crippen molar-refractivity contribution in [3.8, 4) is 5.88 Å². The first-order chi connectivity index (χ1) is 11.3. The summed E-state index contributed by atoms with van der Waals surface area (Å²) in [5.41, 5.74) is 2.39. The molecule has 1 aliphatic rings. The van der Waals surface area contributed by atoms with Gasteiger partial charge < -0.3 is 14.2 Å². The fourth-order valence-corrected chi connectivity index (χ4v) is 2.76. The summed E-state index contributed by atoms with van der Waals surface area (Å²) in [6, 6.07) is 10.3. The first-order valence-electron chi connectivity index (χ1n) is 8.31. The van der Waals surface area contributed by atoms with Crippen LogP contribution >= 0.6 is 0 Å². The quantitative estimate of drug-likeness (QED) is 0.751. The third kappa shape index (κ3) is 4.56. The van der Waals surface area contributed by atoms with Gasteiger partial charge in [0.15, 0.2) is 6.29 Å². The maximum Gasteiger partial charge on any atom is 0.235 e. The molecule has 0 saturated carbocycles. The standard InChI is InChI=1S/C18H24N2O3/c1-2-21-18-16(9-6-10-17-22-11-12-23-17)14-20(19-18)13-15-7-4-3-5-8-15/h3-5,7-8,14,17H,2,6,9-13H2,1H3. The van der Waals surface area contributed by atoms with Crippen LogP contribution in [0.4, 0.5) is 0 Å². The molecule has 2 heterocycles. The number of benzene rings is 1. The van der Waals surface area contributed by atoms with E-state index in [1.54, 1.807) is 0 Å². The third-order valence-corrected chi connectivity index (χ3v) is 3.84. The van der Waals surface area contributed by atoms with Crippen LogP contribution in [-0.2, 0) is 22.4 Å². The Labute approximate surface area is 137 Å². The second-order valence-electron chi connectivity index (χ2n) is 5.64. The summed E-state index contributed by atoms with van der Waals surface area (Å²) in [6.45, 7) is 4.80. The molecule has 0 unspecified atom stereocenters. The van der Waals surface area contributed by atoms with Gasteiger partial charge in [-0.3, -0.25) is 4.68 Å². The predicted molar refractivity (Wildman–Crippen MR) is 87.6 cm³/mol. The maximum atomic E-state index is 5.68. The van der Waals surface area contributed by atoms with Crippen LogP contribution in [0, 0.1) is 0 Å². The molecule has 0 aliphatic carbocycles. The smallest absolute Gasteiger partial charge is 0.235 e. The molecule has 0 bridgehead atoms. The Morgan fingerprint density at radius 1 is 1.22 bits per heavy atom. The third-order valence-electron chi connectivity index (χ3n) is 3.84. The molecule has 0 N–H and O–H groups in total. The molecule has 1 aromatic carbocycles. The average molecular weight is 316 g/mol. The van der Waals surface area contributed by atoms with Gasteiger partial charge in [0.2, 0.25) is 5.88 Å². The molecule has 0 amide bonds. The van der Waals surface area contributed by atoms with Gasteiger partial charge in [-0.1, -0.05) is 30.3 Å². The Bertz CT molecular complexity index is 592. The number of hydrogen-bond donors (Lipinski definition) is 0. The van der Waals surface area contributed by atoms with Crippen molar-refractivity contribution in [1.82, 2.24) is 9.78 Å². The molecule has 1 saturated heterocycles. The molecule has 0 atom stereocenters. The van der Waals surface area contributed by atoms with E-state index in [1.807, 2.05) is 29.8 Å². The van der Waals surface area contributed by atoms with Gasteiger partial charge in [0.1, 0.15) is 0 Å². The highest BCUT2D eigenvalue weighted by molar-refractivity contribution is 5.24. The average Bonchev–Trinajstić information content (AvgIpc) is 3.20. The normalized spacial score (nSPS) is 15.2. The van der Waals surface area contributed by atoms with Crippen molar-refractivity contribution >= 4 is 0 Å². The first kappa shape index (κ1) is 16.0. The fraction of sp³-hybridized carbons (Fsp3) is 0.500. The molecule has 0 radical (unpaired) electrons. The second-order valence-corrected chi connectivity index (χ2v) is 5.64. The maximum absolute atomic E-state index is 5.68. The van der Waals surface area contributed by atoms with Gasteiger partial charge in [-0.15, -0.1) is 5.10 Å². The number of aryl methyl sites for hydroxylation is 1. The van der Waals surface area contributed by atoms with Gasteiger partial charge >= 0.3 is 0 Å². The highest BCUT2D eigenvalue weighted by Gasteiger charge is 2.16. The first-order valence-corrected chi connectivity index (χ1v) is 8.31. The van der Waals surface area contributed by atoms with E-state index in [0.29, 0.717) is 19.8 Å². The van der Waals surface area contributed by atoms with Gasteiger partial charge in [-0.2, -0.15) is 0 Å². The van der Waals surface area contributed by atoms with Crippen LogP contribution in [0.1, 0.15) is 30.9 Å². The van der Waals surface area contributed by atoms with Gasteiger partial charge in [0.25, 0.3) is 0 Å². The van der Waals surface area contributed by atoms with E-state index in [1.165, 1.54) is 5.56 Å². The lowest BCUT2D eigenvalue weighted by Crippen LogP contribution is -2.07. The number of nitrogens with zero attached hydrogens (tertiary/aromatic N) is 2. The van der Waals surface area contributed by atoms with Gasteiger partial charge in [-0.25, -0.2) is 0 Å². The Balaban J connectivity index is 1.60. The van der Waals surface area contributed by atoms with Crippen molar-refractivity contribution in [1.29, 1.82) is 0 Å². The zero-order valence-corrected chi connectivity index (χ0v) is 13.6. The van der Waals surface area contributed by atoms with Crippen molar-refractivity contribution < 1.29 is 14.2 Å². The molecule has 0 spiro atoms. The Morgan fingerprint density at radius 3 is 2.74 bits per heavy atom. The fourth-order valence-electron chi connectivity index (χ4n) is 2.76. The molecule has 2 aromatic rings. The van der Waals surface area contributed by atoms with E-state index in [9.17, 15) is 0 Å². The van der Waals surface area contributed by atoms with Crippen LogP contribution in [0.25, 0.3) is 0 Å². The van der Waals surface area contributed by atoms with Gasteiger partial charge in [-0.05, 0) is 31.7 Å². The van der Waals surface area contributed by atoms with Crippen molar-refractivity contribution in [3.05, 3.63) is 47.7 Å². The van der Waals surface area contributed by atoms with Gasteiger partial charge in [0.05, 0.1) is 26.4 Å². The lowest BCUT2D eigenvalue weighted by atomic mass is 10.1. The van der Waals surface area contributed by atoms with E-state index < -0.39 is 0 Å². The molecule has 5 heteroatoms. The van der Waals surface area contributed by atoms with Crippen molar-refractivity contribution in [3.63, 3.8) is 0 Å². The molecular weight excluding hydrogens is 292 g/mol. The Morgan fingerprint density at radius 2 is 2.00 bits per heavy atom. The summed E-state index contributed by atoms with van der Waals surface area (Å²) in [4.78, 5) is 0.